The van der Waals surface area contributed by atoms with Crippen LogP contribution in [0.4, 0.5) is 0 Å². The number of carbonyl (C=O) groups is 1. The lowest BCUT2D eigenvalue weighted by atomic mass is 10.1. The van der Waals surface area contributed by atoms with Crippen LogP contribution >= 0.6 is 0 Å². The zero-order valence-corrected chi connectivity index (χ0v) is 8.36. The third kappa shape index (κ3) is 2.42. The summed E-state index contributed by atoms with van der Waals surface area (Å²) < 4.78 is 0. The van der Waals surface area contributed by atoms with Crippen LogP contribution in [-0.4, -0.2) is 18.6 Å². The summed E-state index contributed by atoms with van der Waals surface area (Å²) in [5, 5.41) is 3.73. The largest absolute Gasteiger partial charge is 0.399 e. The molecule has 0 saturated carbocycles. The van der Waals surface area contributed by atoms with Crippen LogP contribution in [0.1, 0.15) is 18.9 Å². The van der Waals surface area contributed by atoms with E-state index in [1.54, 1.807) is 6.92 Å². The molecule has 0 aliphatic carbocycles. The van der Waals surface area contributed by atoms with Crippen molar-refractivity contribution in [2.75, 3.05) is 7.11 Å². The molecule has 1 aromatic rings. The number of carbonyl (C=O) groups excluding carboxylic acids is 1. The summed E-state index contributed by atoms with van der Waals surface area (Å²) in [5.41, 5.74) is 1.18. The topological polar surface area (TPSA) is 38.7 Å². The molecule has 0 aliphatic rings. The molecule has 0 saturated heterocycles. The molecule has 0 fully saturated rings. The lowest BCUT2D eigenvalue weighted by molar-refractivity contribution is -0.112. The summed E-state index contributed by atoms with van der Waals surface area (Å²) >= 11 is 0. The van der Waals surface area contributed by atoms with Gasteiger partial charge in [0.15, 0.2) is 11.5 Å². The molecule has 1 aromatic carbocycles. The number of benzene rings is 1. The van der Waals surface area contributed by atoms with Gasteiger partial charge in [0, 0.05) is 12.0 Å². The fourth-order valence-corrected chi connectivity index (χ4v) is 1.12. The second-order valence-corrected chi connectivity index (χ2v) is 2.77. The molecule has 3 nitrogen and oxygen atoms in total. The van der Waals surface area contributed by atoms with Gasteiger partial charge in [-0.15, -0.1) is 0 Å². The first-order valence-corrected chi connectivity index (χ1v) is 4.49. The number of ketones is 1. The third-order valence-corrected chi connectivity index (χ3v) is 1.82. The van der Waals surface area contributed by atoms with Gasteiger partial charge in [0.05, 0.1) is 0 Å². The van der Waals surface area contributed by atoms with Crippen molar-refractivity contribution in [1.82, 2.24) is 0 Å². The van der Waals surface area contributed by atoms with Crippen LogP contribution in [0.2, 0.25) is 0 Å². The van der Waals surface area contributed by atoms with E-state index in [0.717, 1.165) is 5.56 Å². The second kappa shape index (κ2) is 5.17. The number of hydrogen-bond donors (Lipinski definition) is 0. The van der Waals surface area contributed by atoms with Crippen molar-refractivity contribution in [3.63, 3.8) is 0 Å². The van der Waals surface area contributed by atoms with Crippen molar-refractivity contribution in [2.45, 2.75) is 13.3 Å². The highest BCUT2D eigenvalue weighted by Crippen LogP contribution is 2.04. The third-order valence-electron chi connectivity index (χ3n) is 1.82. The zero-order chi connectivity index (χ0) is 10.4. The van der Waals surface area contributed by atoms with Gasteiger partial charge in [0.2, 0.25) is 0 Å². The summed E-state index contributed by atoms with van der Waals surface area (Å²) in [6, 6.07) is 9.30. The summed E-state index contributed by atoms with van der Waals surface area (Å²) in [6.07, 6.45) is 0.428. The quantitative estimate of drug-likeness (QED) is 0.539. The first kappa shape index (κ1) is 10.4. The van der Waals surface area contributed by atoms with Gasteiger partial charge in [-0.1, -0.05) is 42.4 Å². The number of Topliss-reactive ketones (excluding diaryl/α,β-unsaturated/α-hetero) is 1. The van der Waals surface area contributed by atoms with Crippen LogP contribution in [0.25, 0.3) is 0 Å². The minimum absolute atomic E-state index is 0.0157. The van der Waals surface area contributed by atoms with Gasteiger partial charge in [-0.05, 0) is 0 Å². The Morgan fingerprint density at radius 1 is 1.36 bits per heavy atom. The molecule has 0 spiro atoms. The Hall–Kier alpha value is -1.64. The molecule has 0 radical (unpaired) electrons. The Bertz CT molecular complexity index is 330. The predicted molar refractivity (Wildman–Crippen MR) is 55.3 cm³/mol. The Balaban J connectivity index is 3.02. The van der Waals surface area contributed by atoms with Crippen LogP contribution < -0.4 is 0 Å². The van der Waals surface area contributed by atoms with Crippen LogP contribution in [0.3, 0.4) is 0 Å². The van der Waals surface area contributed by atoms with Crippen molar-refractivity contribution in [1.29, 1.82) is 0 Å². The first-order chi connectivity index (χ1) is 6.79. The monoisotopic (exact) mass is 191 g/mol. The van der Waals surface area contributed by atoms with E-state index in [4.69, 9.17) is 0 Å². The highest BCUT2D eigenvalue weighted by molar-refractivity contribution is 6.45. The standard InChI is InChI=1S/C11H13NO2/c1-3-10(13)11(12-14-2)9-7-5-4-6-8-9/h4-8H,3H2,1-2H3. The van der Waals surface area contributed by atoms with Gasteiger partial charge in [0.25, 0.3) is 0 Å². The summed E-state index contributed by atoms with van der Waals surface area (Å²) in [5.74, 6) is -0.0157. The van der Waals surface area contributed by atoms with Crippen molar-refractivity contribution in [2.24, 2.45) is 5.16 Å². The smallest absolute Gasteiger partial charge is 0.184 e. The van der Waals surface area contributed by atoms with E-state index in [0.29, 0.717) is 12.1 Å². The predicted octanol–water partition coefficient (Wildman–Crippen LogP) is 2.02. The maximum absolute atomic E-state index is 11.5. The van der Waals surface area contributed by atoms with Crippen molar-refractivity contribution >= 4 is 11.5 Å². The fourth-order valence-electron chi connectivity index (χ4n) is 1.12. The van der Waals surface area contributed by atoms with Crippen LogP contribution in [-0.2, 0) is 9.63 Å². The molecule has 0 bridgehead atoms. The van der Waals surface area contributed by atoms with E-state index in [2.05, 4.69) is 9.99 Å². The highest BCUT2D eigenvalue weighted by atomic mass is 16.6. The van der Waals surface area contributed by atoms with Gasteiger partial charge < -0.3 is 4.84 Å². The zero-order valence-electron chi connectivity index (χ0n) is 8.36. The fraction of sp³-hybridized carbons (Fsp3) is 0.273. The average molecular weight is 191 g/mol. The number of rotatable bonds is 4. The van der Waals surface area contributed by atoms with Crippen LogP contribution in [0.15, 0.2) is 35.5 Å². The molecular formula is C11H13NO2. The Morgan fingerprint density at radius 2 is 2.00 bits per heavy atom. The van der Waals surface area contributed by atoms with E-state index < -0.39 is 0 Å². The SMILES string of the molecule is CCC(=O)C(=NOC)c1ccccc1. The molecule has 1 rings (SSSR count). The number of oxime groups is 1. The molecule has 14 heavy (non-hydrogen) atoms. The maximum atomic E-state index is 11.5. The molecule has 0 aliphatic heterocycles. The van der Waals surface area contributed by atoms with Crippen molar-refractivity contribution in [3.05, 3.63) is 35.9 Å². The summed E-state index contributed by atoms with van der Waals surface area (Å²) in [6.45, 7) is 1.80. The van der Waals surface area contributed by atoms with E-state index in [-0.39, 0.29) is 5.78 Å². The van der Waals surface area contributed by atoms with E-state index in [1.807, 2.05) is 30.3 Å². The normalized spacial score (nSPS) is 11.1. The van der Waals surface area contributed by atoms with Gasteiger partial charge >= 0.3 is 0 Å². The maximum Gasteiger partial charge on any atom is 0.184 e. The molecule has 0 N–H and O–H groups in total. The molecule has 74 valence electrons. The van der Waals surface area contributed by atoms with E-state index in [9.17, 15) is 4.79 Å². The molecule has 0 aromatic heterocycles. The van der Waals surface area contributed by atoms with Crippen LogP contribution in [0.5, 0.6) is 0 Å². The molecular weight excluding hydrogens is 178 g/mol. The molecule has 0 heterocycles. The van der Waals surface area contributed by atoms with Gasteiger partial charge in [-0.3, -0.25) is 4.79 Å². The van der Waals surface area contributed by atoms with E-state index >= 15 is 0 Å². The number of nitrogens with zero attached hydrogens (tertiary/aromatic N) is 1. The minimum atomic E-state index is -0.0157. The van der Waals surface area contributed by atoms with Crippen molar-refractivity contribution in [3.8, 4) is 0 Å². The van der Waals surface area contributed by atoms with Gasteiger partial charge in [-0.2, -0.15) is 0 Å². The van der Waals surface area contributed by atoms with Crippen molar-refractivity contribution < 1.29 is 9.63 Å². The van der Waals surface area contributed by atoms with Gasteiger partial charge in [-0.25, -0.2) is 0 Å². The number of hydrogen-bond acceptors (Lipinski definition) is 3. The van der Waals surface area contributed by atoms with Gasteiger partial charge in [0.1, 0.15) is 7.11 Å². The second-order valence-electron chi connectivity index (χ2n) is 2.77. The van der Waals surface area contributed by atoms with Crippen LogP contribution in [0, 0.1) is 0 Å². The molecule has 0 atom stereocenters. The average Bonchev–Trinajstić information content (AvgIpc) is 2.26. The summed E-state index contributed by atoms with van der Waals surface area (Å²) in [7, 11) is 1.44. The molecule has 0 unspecified atom stereocenters. The Morgan fingerprint density at radius 3 is 2.50 bits per heavy atom. The highest BCUT2D eigenvalue weighted by Gasteiger charge is 2.11. The minimum Gasteiger partial charge on any atom is -0.399 e. The Kier molecular flexibility index (Phi) is 3.85. The molecule has 3 heteroatoms. The summed E-state index contributed by atoms with van der Waals surface area (Å²) in [4.78, 5) is 16.1. The Labute approximate surface area is 83.4 Å². The lowest BCUT2D eigenvalue weighted by Crippen LogP contribution is -2.14. The molecule has 0 amide bonds. The lowest BCUT2D eigenvalue weighted by Gasteiger charge is -2.02. The first-order valence-electron chi connectivity index (χ1n) is 4.49. The van der Waals surface area contributed by atoms with E-state index in [1.165, 1.54) is 7.11 Å².